The predicted molar refractivity (Wildman–Crippen MR) is 32.7 cm³/mol. The molecular weight excluding hydrogens is 136 g/mol. The maximum Gasteiger partial charge on any atom is 0.284 e. The molecule has 1 heterocycles. The highest BCUT2D eigenvalue weighted by atomic mass is 16.4. The van der Waals surface area contributed by atoms with E-state index < -0.39 is 5.91 Å². The highest BCUT2D eigenvalue weighted by molar-refractivity contribution is 5.90. The zero-order valence-corrected chi connectivity index (χ0v) is 4.90. The minimum atomic E-state index is -0.713. The number of primary amides is 1. The lowest BCUT2D eigenvalue weighted by atomic mass is 10.4. The van der Waals surface area contributed by atoms with Gasteiger partial charge in [0.25, 0.3) is 11.8 Å². The molecule has 0 aliphatic rings. The van der Waals surface area contributed by atoms with Crippen LogP contribution < -0.4 is 5.73 Å². The Balaban J connectivity index is 2.98. The molecular formula is C5H4N2O3. The maximum absolute atomic E-state index is 10.3. The van der Waals surface area contributed by atoms with Crippen molar-refractivity contribution >= 4 is 11.8 Å². The number of nitrogens with zero attached hydrogens (tertiary/aromatic N) is 1. The van der Waals surface area contributed by atoms with Crippen LogP contribution in [0.5, 0.6) is 0 Å². The molecule has 0 aliphatic carbocycles. The van der Waals surface area contributed by atoms with Gasteiger partial charge in [0.1, 0.15) is 0 Å². The Kier molecular flexibility index (Phi) is 1.49. The van der Waals surface area contributed by atoms with Crippen LogP contribution in [0.1, 0.15) is 10.6 Å². The molecule has 1 aromatic heterocycles. The molecule has 1 rings (SSSR count). The average Bonchev–Trinajstić information content (AvgIpc) is 2.34. The standard InChI is InChI=1S/C5H4N2O3/c6-5(8)3-1-2-4(7-9)10-3/h1-2H,(H2,6,8). The third-order valence-electron chi connectivity index (χ3n) is 0.925. The SMILES string of the molecule is NC(=O)c1ccc(N=O)o1. The van der Waals surface area contributed by atoms with Gasteiger partial charge >= 0.3 is 0 Å². The summed E-state index contributed by atoms with van der Waals surface area (Å²) in [5.74, 6) is -0.918. The van der Waals surface area contributed by atoms with Crippen molar-refractivity contribution in [1.29, 1.82) is 0 Å². The van der Waals surface area contributed by atoms with Gasteiger partial charge < -0.3 is 10.2 Å². The summed E-state index contributed by atoms with van der Waals surface area (Å²) in [5, 5.41) is 2.45. The number of furan rings is 1. The monoisotopic (exact) mass is 140 g/mol. The first kappa shape index (κ1) is 6.47. The van der Waals surface area contributed by atoms with E-state index in [0.717, 1.165) is 0 Å². The van der Waals surface area contributed by atoms with Crippen LogP contribution >= 0.6 is 0 Å². The first-order chi connectivity index (χ1) is 4.74. The van der Waals surface area contributed by atoms with Crippen molar-refractivity contribution in [2.24, 2.45) is 10.9 Å². The number of carbonyl (C=O) groups is 1. The van der Waals surface area contributed by atoms with E-state index >= 15 is 0 Å². The Bertz CT molecular complexity index is 266. The number of hydrogen-bond donors (Lipinski definition) is 1. The molecule has 0 saturated heterocycles. The first-order valence-electron chi connectivity index (χ1n) is 2.47. The summed E-state index contributed by atoms with van der Waals surface area (Å²) in [7, 11) is 0. The Labute approximate surface area is 55.8 Å². The molecule has 0 spiro atoms. The van der Waals surface area contributed by atoms with Gasteiger partial charge in [-0.15, -0.1) is 4.91 Å². The minimum absolute atomic E-state index is 0.0606. The second kappa shape index (κ2) is 2.30. The van der Waals surface area contributed by atoms with Crippen LogP contribution in [-0.4, -0.2) is 5.91 Å². The van der Waals surface area contributed by atoms with Crippen molar-refractivity contribution in [3.05, 3.63) is 22.8 Å². The smallest absolute Gasteiger partial charge is 0.284 e. The summed E-state index contributed by atoms with van der Waals surface area (Å²) in [6, 6.07) is 2.56. The molecule has 2 N–H and O–H groups in total. The zero-order chi connectivity index (χ0) is 7.56. The molecule has 10 heavy (non-hydrogen) atoms. The first-order valence-corrected chi connectivity index (χ1v) is 2.47. The van der Waals surface area contributed by atoms with Gasteiger partial charge in [-0.1, -0.05) is 0 Å². The van der Waals surface area contributed by atoms with E-state index in [1.807, 2.05) is 0 Å². The van der Waals surface area contributed by atoms with E-state index in [2.05, 4.69) is 9.59 Å². The van der Waals surface area contributed by atoms with E-state index in [0.29, 0.717) is 0 Å². The number of nitroso groups, excluding NO2 is 1. The molecule has 52 valence electrons. The molecule has 0 fully saturated rings. The van der Waals surface area contributed by atoms with Gasteiger partial charge in [-0.25, -0.2) is 0 Å². The number of amides is 1. The van der Waals surface area contributed by atoms with Crippen LogP contribution in [0.2, 0.25) is 0 Å². The molecule has 0 aliphatic heterocycles. The van der Waals surface area contributed by atoms with E-state index in [9.17, 15) is 9.70 Å². The van der Waals surface area contributed by atoms with Crippen molar-refractivity contribution in [1.82, 2.24) is 0 Å². The fourth-order valence-electron chi connectivity index (χ4n) is 0.509. The van der Waals surface area contributed by atoms with Gasteiger partial charge in [0.15, 0.2) is 5.76 Å². The van der Waals surface area contributed by atoms with Gasteiger partial charge in [-0.05, 0) is 6.07 Å². The fourth-order valence-corrected chi connectivity index (χ4v) is 0.509. The lowest BCUT2D eigenvalue weighted by Crippen LogP contribution is -2.08. The molecule has 1 aromatic rings. The third-order valence-corrected chi connectivity index (χ3v) is 0.925. The summed E-state index contributed by atoms with van der Waals surface area (Å²) in [5.41, 5.74) is 4.81. The number of hydrogen-bond acceptors (Lipinski definition) is 4. The van der Waals surface area contributed by atoms with Crippen LogP contribution in [0, 0.1) is 4.91 Å². The molecule has 0 bridgehead atoms. The van der Waals surface area contributed by atoms with Gasteiger partial charge in [0, 0.05) is 11.2 Å². The van der Waals surface area contributed by atoms with E-state index in [4.69, 9.17) is 5.73 Å². The van der Waals surface area contributed by atoms with Gasteiger partial charge in [0.05, 0.1) is 0 Å². The van der Waals surface area contributed by atoms with Crippen LogP contribution in [-0.2, 0) is 0 Å². The predicted octanol–water partition coefficient (Wildman–Crippen LogP) is 0.776. The summed E-state index contributed by atoms with van der Waals surface area (Å²) < 4.78 is 4.54. The second-order valence-electron chi connectivity index (χ2n) is 1.59. The topological polar surface area (TPSA) is 85.7 Å². The van der Waals surface area contributed by atoms with Crippen LogP contribution in [0.25, 0.3) is 0 Å². The number of carbonyl (C=O) groups excluding carboxylic acids is 1. The van der Waals surface area contributed by atoms with Crippen molar-refractivity contribution < 1.29 is 9.21 Å². The quantitative estimate of drug-likeness (QED) is 0.615. The Hall–Kier alpha value is -1.65. The Morgan fingerprint density at radius 3 is 2.60 bits per heavy atom. The highest BCUT2D eigenvalue weighted by Gasteiger charge is 2.05. The lowest BCUT2D eigenvalue weighted by Gasteiger charge is -1.82. The summed E-state index contributed by atoms with van der Waals surface area (Å²) in [6.45, 7) is 0. The third kappa shape index (κ3) is 1.02. The maximum atomic E-state index is 10.3. The highest BCUT2D eigenvalue weighted by Crippen LogP contribution is 2.14. The van der Waals surface area contributed by atoms with Gasteiger partial charge in [-0.2, -0.15) is 0 Å². The van der Waals surface area contributed by atoms with Gasteiger partial charge in [0.2, 0.25) is 0 Å². The number of nitrogens with two attached hydrogens (primary N) is 1. The fraction of sp³-hybridized carbons (Fsp3) is 0. The molecule has 0 unspecified atom stereocenters. The molecule has 5 heteroatoms. The average molecular weight is 140 g/mol. The zero-order valence-electron chi connectivity index (χ0n) is 4.90. The largest absolute Gasteiger partial charge is 0.430 e. The van der Waals surface area contributed by atoms with Crippen molar-refractivity contribution in [2.45, 2.75) is 0 Å². The summed E-state index contributed by atoms with van der Waals surface area (Å²) in [6.07, 6.45) is 0. The Morgan fingerprint density at radius 2 is 2.30 bits per heavy atom. The van der Waals surface area contributed by atoms with Crippen LogP contribution in [0.4, 0.5) is 5.88 Å². The summed E-state index contributed by atoms with van der Waals surface area (Å²) >= 11 is 0. The van der Waals surface area contributed by atoms with E-state index in [-0.39, 0.29) is 11.6 Å². The molecule has 5 nitrogen and oxygen atoms in total. The number of rotatable bonds is 2. The lowest BCUT2D eigenvalue weighted by molar-refractivity contribution is 0.0974. The molecule has 1 amide bonds. The summed E-state index contributed by atoms with van der Waals surface area (Å²) in [4.78, 5) is 20.1. The minimum Gasteiger partial charge on any atom is -0.430 e. The molecule has 0 radical (unpaired) electrons. The van der Waals surface area contributed by atoms with E-state index in [1.54, 1.807) is 0 Å². The normalized spacial score (nSPS) is 9.20. The van der Waals surface area contributed by atoms with Crippen molar-refractivity contribution in [3.8, 4) is 0 Å². The van der Waals surface area contributed by atoms with Crippen LogP contribution in [0.15, 0.2) is 21.7 Å². The van der Waals surface area contributed by atoms with Gasteiger partial charge in [-0.3, -0.25) is 4.79 Å². The molecule has 0 saturated carbocycles. The van der Waals surface area contributed by atoms with Crippen molar-refractivity contribution in [3.63, 3.8) is 0 Å². The van der Waals surface area contributed by atoms with E-state index in [1.165, 1.54) is 12.1 Å². The Morgan fingerprint density at radius 1 is 1.60 bits per heavy atom. The van der Waals surface area contributed by atoms with Crippen molar-refractivity contribution in [2.75, 3.05) is 0 Å². The van der Waals surface area contributed by atoms with Crippen LogP contribution in [0.3, 0.4) is 0 Å². The second-order valence-corrected chi connectivity index (χ2v) is 1.59. The molecule has 0 atom stereocenters. The molecule has 0 aromatic carbocycles.